The monoisotopic (exact) mass is 282 g/mol. The molecule has 6 heteroatoms. The summed E-state index contributed by atoms with van der Waals surface area (Å²) in [6.07, 6.45) is 1.43. The van der Waals surface area contributed by atoms with Gasteiger partial charge in [0.1, 0.15) is 5.82 Å². The lowest BCUT2D eigenvalue weighted by Gasteiger charge is -2.08. The first kappa shape index (κ1) is 12.9. The second-order valence-corrected chi connectivity index (χ2v) is 5.09. The van der Waals surface area contributed by atoms with E-state index in [1.54, 1.807) is 11.3 Å². The third-order valence-corrected chi connectivity index (χ3v) is 3.91. The van der Waals surface area contributed by atoms with Gasteiger partial charge < -0.3 is 10.4 Å². The van der Waals surface area contributed by atoms with Crippen molar-refractivity contribution >= 4 is 34.7 Å². The van der Waals surface area contributed by atoms with Gasteiger partial charge in [-0.3, -0.25) is 0 Å². The molecule has 0 aromatic carbocycles. The van der Waals surface area contributed by atoms with Crippen LogP contribution in [0.1, 0.15) is 20.8 Å². The summed E-state index contributed by atoms with van der Waals surface area (Å²) >= 11 is 7.62. The van der Waals surface area contributed by atoms with E-state index in [1.165, 1.54) is 22.7 Å². The van der Waals surface area contributed by atoms with Crippen LogP contribution in [0.5, 0.6) is 0 Å². The average molecular weight is 283 g/mol. The lowest BCUT2D eigenvalue weighted by molar-refractivity contribution is 0.0697. The van der Waals surface area contributed by atoms with Gasteiger partial charge in [0.25, 0.3) is 0 Å². The Morgan fingerprint density at radius 2 is 2.33 bits per heavy atom. The maximum atomic E-state index is 10.9. The summed E-state index contributed by atoms with van der Waals surface area (Å²) in [6.45, 7) is 2.61. The molecule has 0 aliphatic heterocycles. The molecule has 0 saturated carbocycles. The summed E-state index contributed by atoms with van der Waals surface area (Å²) in [5.74, 6) is -0.665. The quantitative estimate of drug-likeness (QED) is 0.902. The van der Waals surface area contributed by atoms with Gasteiger partial charge in [-0.15, -0.1) is 11.3 Å². The highest BCUT2D eigenvalue weighted by Crippen LogP contribution is 2.25. The van der Waals surface area contributed by atoms with E-state index >= 15 is 0 Å². The van der Waals surface area contributed by atoms with Crippen molar-refractivity contribution in [1.82, 2.24) is 4.98 Å². The number of pyridine rings is 1. The van der Waals surface area contributed by atoms with Crippen LogP contribution in [0.2, 0.25) is 5.02 Å². The molecule has 2 N–H and O–H groups in total. The number of halogens is 1. The number of carboxylic acids is 1. The number of thiophene rings is 1. The van der Waals surface area contributed by atoms with Gasteiger partial charge in [-0.2, -0.15) is 0 Å². The first-order chi connectivity index (χ1) is 8.59. The van der Waals surface area contributed by atoms with Crippen LogP contribution in [0.15, 0.2) is 23.7 Å². The second-order valence-electron chi connectivity index (χ2n) is 3.71. The number of carboxylic acid groups (broad SMARTS) is 1. The highest BCUT2D eigenvalue weighted by Gasteiger charge is 2.13. The van der Waals surface area contributed by atoms with E-state index in [-0.39, 0.29) is 10.6 Å². The van der Waals surface area contributed by atoms with E-state index in [2.05, 4.69) is 10.3 Å². The average Bonchev–Trinajstić information content (AvgIpc) is 2.73. The first-order valence-corrected chi connectivity index (χ1v) is 6.50. The zero-order valence-electron chi connectivity index (χ0n) is 9.61. The van der Waals surface area contributed by atoms with Crippen LogP contribution < -0.4 is 5.32 Å². The predicted molar refractivity (Wildman–Crippen MR) is 72.6 cm³/mol. The molecule has 0 aliphatic rings. The van der Waals surface area contributed by atoms with Crippen LogP contribution in [0.4, 0.5) is 5.82 Å². The molecular weight excluding hydrogens is 272 g/mol. The van der Waals surface area contributed by atoms with Crippen molar-refractivity contribution in [3.63, 3.8) is 0 Å². The zero-order chi connectivity index (χ0) is 13.1. The van der Waals surface area contributed by atoms with Crippen LogP contribution in [0, 0.1) is 6.92 Å². The molecule has 0 aliphatic carbocycles. The van der Waals surface area contributed by atoms with Crippen molar-refractivity contribution in [2.45, 2.75) is 13.5 Å². The van der Waals surface area contributed by atoms with E-state index < -0.39 is 5.97 Å². The molecule has 0 radical (unpaired) electrons. The van der Waals surface area contributed by atoms with E-state index in [0.29, 0.717) is 12.4 Å². The summed E-state index contributed by atoms with van der Waals surface area (Å²) in [5.41, 5.74) is 1.25. The van der Waals surface area contributed by atoms with Crippen molar-refractivity contribution in [3.8, 4) is 0 Å². The van der Waals surface area contributed by atoms with Gasteiger partial charge in [0.15, 0.2) is 0 Å². The Morgan fingerprint density at radius 3 is 2.94 bits per heavy atom. The molecule has 2 aromatic rings. The zero-order valence-corrected chi connectivity index (χ0v) is 11.2. The fourth-order valence-electron chi connectivity index (χ4n) is 1.48. The number of aryl methyl sites for hydroxylation is 1. The van der Waals surface area contributed by atoms with E-state index in [4.69, 9.17) is 16.7 Å². The van der Waals surface area contributed by atoms with Gasteiger partial charge in [0.2, 0.25) is 0 Å². The van der Waals surface area contributed by atoms with Crippen LogP contribution in [0.3, 0.4) is 0 Å². The Bertz CT molecular complexity index is 583. The van der Waals surface area contributed by atoms with Crippen molar-refractivity contribution in [3.05, 3.63) is 44.7 Å². The molecule has 4 nitrogen and oxygen atoms in total. The molecule has 18 heavy (non-hydrogen) atoms. The largest absolute Gasteiger partial charge is 0.478 e. The molecule has 0 unspecified atom stereocenters. The fourth-order valence-corrected chi connectivity index (χ4v) is 2.59. The van der Waals surface area contributed by atoms with E-state index in [9.17, 15) is 4.79 Å². The Labute approximate surface area is 113 Å². The van der Waals surface area contributed by atoms with Crippen LogP contribution >= 0.6 is 22.9 Å². The van der Waals surface area contributed by atoms with Crippen LogP contribution in [-0.4, -0.2) is 16.1 Å². The Kier molecular flexibility index (Phi) is 3.84. The van der Waals surface area contributed by atoms with Crippen LogP contribution in [0.25, 0.3) is 0 Å². The molecule has 0 bridgehead atoms. The smallest absolute Gasteiger partial charge is 0.337 e. The molecule has 94 valence electrons. The van der Waals surface area contributed by atoms with E-state index in [0.717, 1.165) is 0 Å². The van der Waals surface area contributed by atoms with Gasteiger partial charge in [-0.05, 0) is 30.0 Å². The topological polar surface area (TPSA) is 62.2 Å². The van der Waals surface area contributed by atoms with Crippen molar-refractivity contribution in [1.29, 1.82) is 0 Å². The number of anilines is 1. The maximum Gasteiger partial charge on any atom is 0.337 e. The molecule has 0 fully saturated rings. The molecule has 2 rings (SSSR count). The number of nitrogens with zero attached hydrogens (tertiary/aromatic N) is 1. The van der Waals surface area contributed by atoms with Gasteiger partial charge in [-0.1, -0.05) is 11.6 Å². The van der Waals surface area contributed by atoms with E-state index in [1.807, 2.05) is 18.4 Å². The molecule has 0 saturated heterocycles. The summed E-state index contributed by atoms with van der Waals surface area (Å²) in [5, 5.41) is 14.2. The third kappa shape index (κ3) is 2.63. The number of hydrogen-bond acceptors (Lipinski definition) is 4. The molecule has 0 spiro atoms. The molecule has 2 heterocycles. The highest BCUT2D eigenvalue weighted by molar-refractivity contribution is 7.10. The van der Waals surface area contributed by atoms with Crippen molar-refractivity contribution < 1.29 is 9.90 Å². The van der Waals surface area contributed by atoms with Gasteiger partial charge in [-0.25, -0.2) is 9.78 Å². The SMILES string of the molecule is Cc1ccsc1CNc1nccc(C(=O)O)c1Cl. The minimum absolute atomic E-state index is 0.0528. The second kappa shape index (κ2) is 5.37. The number of carbonyl (C=O) groups is 1. The minimum Gasteiger partial charge on any atom is -0.478 e. The summed E-state index contributed by atoms with van der Waals surface area (Å²) < 4.78 is 0. The normalized spacial score (nSPS) is 10.3. The lowest BCUT2D eigenvalue weighted by Crippen LogP contribution is -2.05. The van der Waals surface area contributed by atoms with Gasteiger partial charge >= 0.3 is 5.97 Å². The van der Waals surface area contributed by atoms with Crippen LogP contribution in [-0.2, 0) is 6.54 Å². The fraction of sp³-hybridized carbons (Fsp3) is 0.167. The number of rotatable bonds is 4. The number of hydrogen-bond donors (Lipinski definition) is 2. The highest BCUT2D eigenvalue weighted by atomic mass is 35.5. The number of aromatic carboxylic acids is 1. The summed E-state index contributed by atoms with van der Waals surface area (Å²) in [6, 6.07) is 3.41. The summed E-state index contributed by atoms with van der Waals surface area (Å²) in [4.78, 5) is 16.1. The molecular formula is C12H11ClN2O2S. The Balaban J connectivity index is 2.17. The molecule has 0 atom stereocenters. The Hall–Kier alpha value is -1.59. The molecule has 0 amide bonds. The number of nitrogens with one attached hydrogen (secondary N) is 1. The maximum absolute atomic E-state index is 10.9. The Morgan fingerprint density at radius 1 is 1.56 bits per heavy atom. The predicted octanol–water partition coefficient (Wildman–Crippen LogP) is 3.42. The van der Waals surface area contributed by atoms with Crippen molar-refractivity contribution in [2.24, 2.45) is 0 Å². The third-order valence-electron chi connectivity index (χ3n) is 2.50. The molecule has 2 aromatic heterocycles. The standard InChI is InChI=1S/C12H11ClN2O2S/c1-7-3-5-18-9(7)6-15-11-10(13)8(12(16)17)2-4-14-11/h2-5H,6H2,1H3,(H,14,15)(H,16,17). The first-order valence-electron chi connectivity index (χ1n) is 5.24. The lowest BCUT2D eigenvalue weighted by atomic mass is 10.2. The summed E-state index contributed by atoms with van der Waals surface area (Å²) in [7, 11) is 0. The number of aromatic nitrogens is 1. The van der Waals surface area contributed by atoms with Crippen molar-refractivity contribution in [2.75, 3.05) is 5.32 Å². The van der Waals surface area contributed by atoms with Gasteiger partial charge in [0, 0.05) is 11.1 Å². The minimum atomic E-state index is -1.06. The van der Waals surface area contributed by atoms with Gasteiger partial charge in [0.05, 0.1) is 17.1 Å².